The Bertz CT molecular complexity index is 898. The van der Waals surface area contributed by atoms with E-state index in [-0.39, 0.29) is 23.8 Å². The molecule has 2 aromatic carbocycles. The predicted molar refractivity (Wildman–Crippen MR) is 119 cm³/mol. The fourth-order valence-electron chi connectivity index (χ4n) is 3.51. The summed E-state index contributed by atoms with van der Waals surface area (Å²) in [5, 5.41) is 8.19. The van der Waals surface area contributed by atoms with Gasteiger partial charge in [-0.25, -0.2) is 0 Å². The second kappa shape index (κ2) is 10.7. The highest BCUT2D eigenvalue weighted by Crippen LogP contribution is 2.20. The topological polar surface area (TPSA) is 99.8 Å². The Morgan fingerprint density at radius 3 is 2.26 bits per heavy atom. The summed E-state index contributed by atoms with van der Waals surface area (Å²) in [6, 6.07) is 15.0. The number of benzene rings is 2. The summed E-state index contributed by atoms with van der Waals surface area (Å²) in [7, 11) is 0. The van der Waals surface area contributed by atoms with E-state index in [1.807, 2.05) is 18.2 Å². The van der Waals surface area contributed by atoms with Crippen molar-refractivity contribution in [3.63, 3.8) is 0 Å². The lowest BCUT2D eigenvalue weighted by Gasteiger charge is -2.33. The zero-order valence-corrected chi connectivity index (χ0v) is 17.8. The molecule has 8 heteroatoms. The van der Waals surface area contributed by atoms with Crippen LogP contribution in [0.2, 0.25) is 0 Å². The van der Waals surface area contributed by atoms with E-state index in [1.165, 1.54) is 19.4 Å². The highest BCUT2D eigenvalue weighted by molar-refractivity contribution is 5.99. The minimum absolute atomic E-state index is 0.116. The van der Waals surface area contributed by atoms with Gasteiger partial charge in [-0.3, -0.25) is 19.3 Å². The molecule has 1 unspecified atom stereocenters. The number of morpholine rings is 1. The fourth-order valence-corrected chi connectivity index (χ4v) is 3.51. The van der Waals surface area contributed by atoms with Crippen LogP contribution in [0.15, 0.2) is 48.5 Å². The smallest absolute Gasteiger partial charge is 0.251 e. The van der Waals surface area contributed by atoms with Crippen LogP contribution in [0.5, 0.6) is 0 Å². The number of anilines is 2. The zero-order chi connectivity index (χ0) is 22.2. The lowest BCUT2D eigenvalue weighted by Crippen LogP contribution is -2.47. The molecular weight excluding hydrogens is 396 g/mol. The van der Waals surface area contributed by atoms with E-state index in [9.17, 15) is 14.4 Å². The summed E-state index contributed by atoms with van der Waals surface area (Å²) in [5.41, 5.74) is 2.46. The van der Waals surface area contributed by atoms with Crippen LogP contribution in [0, 0.1) is 0 Å². The molecule has 31 heavy (non-hydrogen) atoms. The standard InChI is InChI=1S/C23H28N4O4/c1-16(28)25-20-10-19(11-21(12-20)26-17(2)29)23(30)24-13-22-15-27(8-9-31-22)14-18-6-4-3-5-7-18/h3-7,10-12,22H,8-9,13-15H2,1-2H3,(H,24,30)(H,25,28)(H,26,29). The molecule has 0 aliphatic carbocycles. The van der Waals surface area contributed by atoms with Gasteiger partial charge in [-0.2, -0.15) is 0 Å². The van der Waals surface area contributed by atoms with Gasteiger partial charge in [0, 0.05) is 57.0 Å². The van der Waals surface area contributed by atoms with Gasteiger partial charge in [0.15, 0.2) is 0 Å². The molecule has 1 saturated heterocycles. The number of carbonyl (C=O) groups is 3. The quantitative estimate of drug-likeness (QED) is 0.633. The molecule has 0 saturated carbocycles. The molecule has 0 bridgehead atoms. The van der Waals surface area contributed by atoms with Crippen LogP contribution in [0.25, 0.3) is 0 Å². The molecule has 1 aliphatic heterocycles. The molecule has 1 heterocycles. The molecule has 3 rings (SSSR count). The molecule has 1 atom stereocenters. The van der Waals surface area contributed by atoms with Gasteiger partial charge in [0.05, 0.1) is 12.7 Å². The largest absolute Gasteiger partial charge is 0.374 e. The first-order valence-corrected chi connectivity index (χ1v) is 10.3. The summed E-state index contributed by atoms with van der Waals surface area (Å²) >= 11 is 0. The Labute approximate surface area is 182 Å². The van der Waals surface area contributed by atoms with E-state index >= 15 is 0 Å². The molecule has 2 aromatic rings. The summed E-state index contributed by atoms with van der Waals surface area (Å²) in [6.07, 6.45) is -0.116. The van der Waals surface area contributed by atoms with Crippen LogP contribution < -0.4 is 16.0 Å². The van der Waals surface area contributed by atoms with Crippen LogP contribution in [-0.2, 0) is 20.9 Å². The van der Waals surface area contributed by atoms with Crippen LogP contribution >= 0.6 is 0 Å². The minimum Gasteiger partial charge on any atom is -0.374 e. The molecule has 1 fully saturated rings. The van der Waals surface area contributed by atoms with Crippen LogP contribution in [0.1, 0.15) is 29.8 Å². The Morgan fingerprint density at radius 1 is 1.00 bits per heavy atom. The normalized spacial score (nSPS) is 16.4. The number of ether oxygens (including phenoxy) is 1. The molecule has 0 spiro atoms. The first kappa shape index (κ1) is 22.5. The maximum absolute atomic E-state index is 12.7. The van der Waals surface area contributed by atoms with Gasteiger partial charge in [0.1, 0.15) is 0 Å². The van der Waals surface area contributed by atoms with E-state index in [0.717, 1.165) is 19.6 Å². The maximum Gasteiger partial charge on any atom is 0.251 e. The van der Waals surface area contributed by atoms with Crippen molar-refractivity contribution in [2.75, 3.05) is 36.9 Å². The number of amides is 3. The second-order valence-corrected chi connectivity index (χ2v) is 7.58. The summed E-state index contributed by atoms with van der Waals surface area (Å²) in [6.45, 7) is 6.14. The van der Waals surface area contributed by atoms with Gasteiger partial charge in [0.2, 0.25) is 11.8 Å². The van der Waals surface area contributed by atoms with Gasteiger partial charge in [-0.1, -0.05) is 30.3 Å². The Hall–Kier alpha value is -3.23. The zero-order valence-electron chi connectivity index (χ0n) is 17.8. The minimum atomic E-state index is -0.303. The Balaban J connectivity index is 1.60. The third kappa shape index (κ3) is 7.20. The average molecular weight is 425 g/mol. The van der Waals surface area contributed by atoms with Crippen molar-refractivity contribution >= 4 is 29.1 Å². The lowest BCUT2D eigenvalue weighted by molar-refractivity contribution is -0.115. The van der Waals surface area contributed by atoms with E-state index in [2.05, 4.69) is 33.0 Å². The van der Waals surface area contributed by atoms with Crippen molar-refractivity contribution in [3.8, 4) is 0 Å². The van der Waals surface area contributed by atoms with Crippen molar-refractivity contribution in [2.45, 2.75) is 26.5 Å². The molecule has 8 nitrogen and oxygen atoms in total. The monoisotopic (exact) mass is 424 g/mol. The number of hydrogen-bond donors (Lipinski definition) is 3. The fraction of sp³-hybridized carbons (Fsp3) is 0.348. The second-order valence-electron chi connectivity index (χ2n) is 7.58. The van der Waals surface area contributed by atoms with Crippen molar-refractivity contribution in [1.82, 2.24) is 10.2 Å². The van der Waals surface area contributed by atoms with Crippen molar-refractivity contribution in [3.05, 3.63) is 59.7 Å². The predicted octanol–water partition coefficient (Wildman–Crippen LogP) is 2.23. The molecule has 164 valence electrons. The molecule has 3 N–H and O–H groups in total. The van der Waals surface area contributed by atoms with Gasteiger partial charge < -0.3 is 20.7 Å². The maximum atomic E-state index is 12.7. The van der Waals surface area contributed by atoms with Crippen molar-refractivity contribution < 1.29 is 19.1 Å². The SMILES string of the molecule is CC(=O)Nc1cc(NC(C)=O)cc(C(=O)NCC2CN(Cc3ccccc3)CCO2)c1. The van der Waals surface area contributed by atoms with Crippen LogP contribution in [0.3, 0.4) is 0 Å². The molecule has 0 radical (unpaired) electrons. The Kier molecular flexibility index (Phi) is 7.75. The van der Waals surface area contributed by atoms with Gasteiger partial charge >= 0.3 is 0 Å². The first-order valence-electron chi connectivity index (χ1n) is 10.3. The van der Waals surface area contributed by atoms with E-state index in [4.69, 9.17) is 4.74 Å². The molecule has 3 amide bonds. The summed E-state index contributed by atoms with van der Waals surface area (Å²) < 4.78 is 5.81. The van der Waals surface area contributed by atoms with Crippen molar-refractivity contribution in [1.29, 1.82) is 0 Å². The van der Waals surface area contributed by atoms with E-state index in [1.54, 1.807) is 18.2 Å². The summed E-state index contributed by atoms with van der Waals surface area (Å²) in [4.78, 5) is 37.8. The van der Waals surface area contributed by atoms with E-state index < -0.39 is 0 Å². The number of carbonyl (C=O) groups excluding carboxylic acids is 3. The number of nitrogens with one attached hydrogen (secondary N) is 3. The molecular formula is C23H28N4O4. The third-order valence-electron chi connectivity index (χ3n) is 4.80. The third-order valence-corrected chi connectivity index (χ3v) is 4.80. The van der Waals surface area contributed by atoms with E-state index in [0.29, 0.717) is 30.1 Å². The Morgan fingerprint density at radius 2 is 1.65 bits per heavy atom. The number of hydrogen-bond acceptors (Lipinski definition) is 5. The highest BCUT2D eigenvalue weighted by atomic mass is 16.5. The first-order chi connectivity index (χ1) is 14.9. The highest BCUT2D eigenvalue weighted by Gasteiger charge is 2.21. The molecule has 0 aromatic heterocycles. The number of nitrogens with zero attached hydrogens (tertiary/aromatic N) is 1. The van der Waals surface area contributed by atoms with Crippen molar-refractivity contribution in [2.24, 2.45) is 0 Å². The van der Waals surface area contributed by atoms with Gasteiger partial charge in [-0.15, -0.1) is 0 Å². The number of rotatable bonds is 7. The van der Waals surface area contributed by atoms with Gasteiger partial charge in [0.25, 0.3) is 5.91 Å². The van der Waals surface area contributed by atoms with Crippen LogP contribution in [-0.4, -0.2) is 55.0 Å². The molecule has 1 aliphatic rings. The van der Waals surface area contributed by atoms with Gasteiger partial charge in [-0.05, 0) is 23.8 Å². The lowest BCUT2D eigenvalue weighted by atomic mass is 10.1. The van der Waals surface area contributed by atoms with Crippen LogP contribution in [0.4, 0.5) is 11.4 Å². The average Bonchev–Trinajstić information content (AvgIpc) is 2.72. The summed E-state index contributed by atoms with van der Waals surface area (Å²) in [5.74, 6) is -0.830.